The molecule has 0 aromatic rings. The minimum Gasteiger partial charge on any atom is -0.0651 e. The van der Waals surface area contributed by atoms with Gasteiger partial charge in [-0.05, 0) is 29.1 Å². The summed E-state index contributed by atoms with van der Waals surface area (Å²) in [4.78, 5) is 0. The highest BCUT2D eigenvalue weighted by Crippen LogP contribution is 2.42. The molecule has 0 aromatic heterocycles. The van der Waals surface area contributed by atoms with E-state index >= 15 is 0 Å². The van der Waals surface area contributed by atoms with E-state index in [4.69, 9.17) is 0 Å². The van der Waals surface area contributed by atoms with E-state index in [0.29, 0.717) is 5.41 Å². The second-order valence-electron chi connectivity index (χ2n) is 6.16. The SMILES string of the molecule is CCC(C)C(C)C(C)C(C)(C)C(C)CC. The molecule has 4 atom stereocenters. The van der Waals surface area contributed by atoms with Crippen molar-refractivity contribution in [1.29, 1.82) is 0 Å². The molecule has 0 fully saturated rings. The van der Waals surface area contributed by atoms with Crippen LogP contribution in [0.5, 0.6) is 0 Å². The quantitative estimate of drug-likeness (QED) is 0.554. The summed E-state index contributed by atoms with van der Waals surface area (Å²) in [5.41, 5.74) is 0.470. The topological polar surface area (TPSA) is 0 Å². The summed E-state index contributed by atoms with van der Waals surface area (Å²) in [5.74, 6) is 3.31. The molecule has 0 nitrogen and oxygen atoms in total. The highest BCUT2D eigenvalue weighted by Gasteiger charge is 2.35. The first-order valence-electron chi connectivity index (χ1n) is 6.78. The van der Waals surface area contributed by atoms with E-state index in [2.05, 4.69) is 55.4 Å². The third-order valence-corrected chi connectivity index (χ3v) is 5.39. The van der Waals surface area contributed by atoms with Gasteiger partial charge >= 0.3 is 0 Å². The van der Waals surface area contributed by atoms with Gasteiger partial charge in [0.15, 0.2) is 0 Å². The molecule has 0 aromatic carbocycles. The maximum atomic E-state index is 2.45. The van der Waals surface area contributed by atoms with Gasteiger partial charge < -0.3 is 0 Å². The second kappa shape index (κ2) is 5.92. The molecule has 0 amide bonds. The highest BCUT2D eigenvalue weighted by molar-refractivity contribution is 4.84. The van der Waals surface area contributed by atoms with Crippen molar-refractivity contribution in [2.24, 2.45) is 29.1 Å². The Bertz CT molecular complexity index is 169. The van der Waals surface area contributed by atoms with Crippen LogP contribution in [0, 0.1) is 29.1 Å². The third-order valence-electron chi connectivity index (χ3n) is 5.39. The fourth-order valence-electron chi connectivity index (χ4n) is 2.52. The molecule has 4 unspecified atom stereocenters. The van der Waals surface area contributed by atoms with Crippen molar-refractivity contribution < 1.29 is 0 Å². The van der Waals surface area contributed by atoms with Gasteiger partial charge in [-0.25, -0.2) is 0 Å². The van der Waals surface area contributed by atoms with Crippen LogP contribution in [0.25, 0.3) is 0 Å². The number of hydrogen-bond acceptors (Lipinski definition) is 0. The van der Waals surface area contributed by atoms with E-state index in [-0.39, 0.29) is 0 Å². The van der Waals surface area contributed by atoms with Gasteiger partial charge in [0.25, 0.3) is 0 Å². The Hall–Kier alpha value is 0. The van der Waals surface area contributed by atoms with E-state index < -0.39 is 0 Å². The zero-order valence-electron chi connectivity index (χ0n) is 12.2. The first kappa shape index (κ1) is 15.0. The molecule has 0 N–H and O–H groups in total. The van der Waals surface area contributed by atoms with Crippen LogP contribution in [-0.4, -0.2) is 0 Å². The largest absolute Gasteiger partial charge is 0.0651 e. The predicted molar refractivity (Wildman–Crippen MR) is 71.0 cm³/mol. The van der Waals surface area contributed by atoms with Crippen molar-refractivity contribution in [3.8, 4) is 0 Å². The minimum atomic E-state index is 0.470. The van der Waals surface area contributed by atoms with Gasteiger partial charge in [0.2, 0.25) is 0 Å². The molecule has 0 rings (SSSR count). The van der Waals surface area contributed by atoms with Crippen molar-refractivity contribution in [1.82, 2.24) is 0 Å². The summed E-state index contributed by atoms with van der Waals surface area (Å²) in [6.45, 7) is 19.2. The lowest BCUT2D eigenvalue weighted by molar-refractivity contribution is 0.0699. The van der Waals surface area contributed by atoms with Gasteiger partial charge in [0.1, 0.15) is 0 Å². The molecule has 0 saturated carbocycles. The first-order chi connectivity index (χ1) is 6.78. The lowest BCUT2D eigenvalue weighted by atomic mass is 9.63. The Balaban J connectivity index is 4.60. The van der Waals surface area contributed by atoms with Crippen LogP contribution in [0.1, 0.15) is 68.2 Å². The minimum absolute atomic E-state index is 0.470. The Labute approximate surface area is 97.8 Å². The van der Waals surface area contributed by atoms with E-state index in [1.807, 2.05) is 0 Å². The standard InChI is InChI=1S/C15H32/c1-9-11(3)13(5)14(6)15(7,8)12(4)10-2/h11-14H,9-10H2,1-8H3. The molecule has 0 aliphatic rings. The predicted octanol–water partition coefficient (Wildman–Crippen LogP) is 5.38. The van der Waals surface area contributed by atoms with Gasteiger partial charge in [-0.3, -0.25) is 0 Å². The number of hydrogen-bond donors (Lipinski definition) is 0. The summed E-state index contributed by atoms with van der Waals surface area (Å²) >= 11 is 0. The summed E-state index contributed by atoms with van der Waals surface area (Å²) in [6.07, 6.45) is 2.60. The van der Waals surface area contributed by atoms with Crippen molar-refractivity contribution in [3.05, 3.63) is 0 Å². The van der Waals surface area contributed by atoms with Crippen LogP contribution in [0.4, 0.5) is 0 Å². The van der Waals surface area contributed by atoms with Crippen LogP contribution in [0.3, 0.4) is 0 Å². The number of rotatable bonds is 6. The molecule has 0 bridgehead atoms. The molecule has 0 heterocycles. The highest BCUT2D eigenvalue weighted by atomic mass is 14.4. The fourth-order valence-corrected chi connectivity index (χ4v) is 2.52. The van der Waals surface area contributed by atoms with Gasteiger partial charge in [0, 0.05) is 0 Å². The molecule has 0 aliphatic heterocycles. The molecule has 0 aliphatic carbocycles. The summed E-state index contributed by atoms with van der Waals surface area (Å²) < 4.78 is 0. The molecule has 0 spiro atoms. The van der Waals surface area contributed by atoms with Crippen molar-refractivity contribution in [2.75, 3.05) is 0 Å². The Morgan fingerprint density at radius 3 is 1.67 bits per heavy atom. The monoisotopic (exact) mass is 212 g/mol. The van der Waals surface area contributed by atoms with Crippen LogP contribution < -0.4 is 0 Å². The molecular formula is C15H32. The molecule has 0 radical (unpaired) electrons. The third kappa shape index (κ3) is 3.50. The smallest absolute Gasteiger partial charge is 0.0300 e. The van der Waals surface area contributed by atoms with Gasteiger partial charge in [-0.15, -0.1) is 0 Å². The van der Waals surface area contributed by atoms with Crippen LogP contribution in [0.15, 0.2) is 0 Å². The van der Waals surface area contributed by atoms with Gasteiger partial charge in [-0.1, -0.05) is 68.2 Å². The van der Waals surface area contributed by atoms with Crippen LogP contribution in [-0.2, 0) is 0 Å². The van der Waals surface area contributed by atoms with E-state index in [1.165, 1.54) is 12.8 Å². The van der Waals surface area contributed by atoms with Gasteiger partial charge in [0.05, 0.1) is 0 Å². The first-order valence-corrected chi connectivity index (χ1v) is 6.78. The fraction of sp³-hybridized carbons (Fsp3) is 1.00. The average Bonchev–Trinajstić information content (AvgIpc) is 2.24. The van der Waals surface area contributed by atoms with E-state index in [0.717, 1.165) is 23.7 Å². The molecule has 0 saturated heterocycles. The maximum Gasteiger partial charge on any atom is -0.0300 e. The van der Waals surface area contributed by atoms with Crippen molar-refractivity contribution in [3.63, 3.8) is 0 Å². The molecule has 0 heteroatoms. The zero-order valence-corrected chi connectivity index (χ0v) is 12.2. The van der Waals surface area contributed by atoms with Crippen molar-refractivity contribution in [2.45, 2.75) is 68.2 Å². The average molecular weight is 212 g/mol. The second-order valence-corrected chi connectivity index (χ2v) is 6.16. The summed E-state index contributed by atoms with van der Waals surface area (Å²) in [6, 6.07) is 0. The zero-order chi connectivity index (χ0) is 12.2. The van der Waals surface area contributed by atoms with E-state index in [9.17, 15) is 0 Å². The Kier molecular flexibility index (Phi) is 5.92. The Morgan fingerprint density at radius 2 is 1.33 bits per heavy atom. The van der Waals surface area contributed by atoms with Gasteiger partial charge in [-0.2, -0.15) is 0 Å². The molecular weight excluding hydrogens is 180 g/mol. The Morgan fingerprint density at radius 1 is 0.867 bits per heavy atom. The lowest BCUT2D eigenvalue weighted by Gasteiger charge is -2.42. The van der Waals surface area contributed by atoms with Crippen LogP contribution in [0.2, 0.25) is 0 Å². The van der Waals surface area contributed by atoms with Crippen molar-refractivity contribution >= 4 is 0 Å². The molecule has 92 valence electrons. The lowest BCUT2D eigenvalue weighted by Crippen LogP contribution is -2.35. The summed E-state index contributed by atoms with van der Waals surface area (Å²) in [5, 5.41) is 0. The molecule has 15 heavy (non-hydrogen) atoms. The van der Waals surface area contributed by atoms with E-state index in [1.54, 1.807) is 0 Å². The van der Waals surface area contributed by atoms with Crippen LogP contribution >= 0.6 is 0 Å². The maximum absolute atomic E-state index is 2.45. The normalized spacial score (nSPS) is 20.8. The summed E-state index contributed by atoms with van der Waals surface area (Å²) in [7, 11) is 0.